The summed E-state index contributed by atoms with van der Waals surface area (Å²) in [5.41, 5.74) is 1.06. The zero-order chi connectivity index (χ0) is 24.4. The van der Waals surface area contributed by atoms with Gasteiger partial charge in [-0.3, -0.25) is 13.9 Å². The van der Waals surface area contributed by atoms with Crippen LogP contribution in [0.25, 0.3) is 0 Å². The zero-order valence-electron chi connectivity index (χ0n) is 19.3. The Morgan fingerprint density at radius 1 is 1.03 bits per heavy atom. The predicted molar refractivity (Wildman–Crippen MR) is 133 cm³/mol. The van der Waals surface area contributed by atoms with Crippen molar-refractivity contribution in [2.24, 2.45) is 0 Å². The van der Waals surface area contributed by atoms with Gasteiger partial charge < -0.3 is 10.2 Å². The molecule has 0 bridgehead atoms. The minimum absolute atomic E-state index is 0.180. The van der Waals surface area contributed by atoms with Gasteiger partial charge in [-0.15, -0.1) is 0 Å². The number of carbonyl (C=O) groups is 2. The van der Waals surface area contributed by atoms with Crippen LogP contribution in [-0.2, 0) is 26.2 Å². The van der Waals surface area contributed by atoms with Crippen molar-refractivity contribution >= 4 is 39.1 Å². The summed E-state index contributed by atoms with van der Waals surface area (Å²) in [7, 11) is -3.81. The number of sulfonamides is 1. The van der Waals surface area contributed by atoms with E-state index in [4.69, 9.17) is 11.6 Å². The van der Waals surface area contributed by atoms with Crippen molar-refractivity contribution in [2.75, 3.05) is 23.7 Å². The largest absolute Gasteiger partial charge is 0.354 e. The standard InChI is InChI=1S/C24H32ClN3O4S/c1-4-6-16-26-24(30)21(5-2)27(17-19-12-8-7-9-13-19)23(29)18-28(33(3,31)32)22-15-11-10-14-20(22)25/h7-15,21H,4-6,16-18H2,1-3H3,(H,26,30)/t21-/m0/s1. The molecule has 0 aliphatic heterocycles. The Hall–Kier alpha value is -2.58. The first-order valence-electron chi connectivity index (χ1n) is 11.0. The van der Waals surface area contributed by atoms with Crippen LogP contribution in [0, 0.1) is 0 Å². The molecule has 1 atom stereocenters. The summed E-state index contributed by atoms with van der Waals surface area (Å²) in [5.74, 6) is -0.736. The molecule has 180 valence electrons. The second-order valence-electron chi connectivity index (χ2n) is 7.80. The van der Waals surface area contributed by atoms with Crippen LogP contribution < -0.4 is 9.62 Å². The SMILES string of the molecule is CCCCNC(=O)[C@H](CC)N(Cc1ccccc1)C(=O)CN(c1ccccc1Cl)S(C)(=O)=O. The zero-order valence-corrected chi connectivity index (χ0v) is 20.9. The molecule has 9 heteroatoms. The number of hydrogen-bond donors (Lipinski definition) is 1. The van der Waals surface area contributed by atoms with E-state index in [1.54, 1.807) is 24.3 Å². The Balaban J connectivity index is 2.38. The van der Waals surface area contributed by atoms with Crippen molar-refractivity contribution in [3.8, 4) is 0 Å². The molecule has 7 nitrogen and oxygen atoms in total. The second-order valence-corrected chi connectivity index (χ2v) is 10.1. The lowest BCUT2D eigenvalue weighted by molar-refractivity contribution is -0.140. The Kier molecular flexibility index (Phi) is 10.2. The Morgan fingerprint density at radius 2 is 1.67 bits per heavy atom. The van der Waals surface area contributed by atoms with Gasteiger partial charge >= 0.3 is 0 Å². The summed E-state index contributed by atoms with van der Waals surface area (Å²) in [5, 5.41) is 3.11. The first kappa shape index (κ1) is 26.7. The molecule has 0 aliphatic rings. The minimum atomic E-state index is -3.81. The number of hydrogen-bond acceptors (Lipinski definition) is 4. The molecule has 0 unspecified atom stereocenters. The fraction of sp³-hybridized carbons (Fsp3) is 0.417. The average molecular weight is 494 g/mol. The summed E-state index contributed by atoms with van der Waals surface area (Å²) in [6.07, 6.45) is 3.19. The van der Waals surface area contributed by atoms with Crippen molar-refractivity contribution in [3.63, 3.8) is 0 Å². The number of rotatable bonds is 12. The van der Waals surface area contributed by atoms with Gasteiger partial charge in [0.2, 0.25) is 21.8 Å². The van der Waals surface area contributed by atoms with Crippen LogP contribution in [0.1, 0.15) is 38.7 Å². The topological polar surface area (TPSA) is 86.8 Å². The van der Waals surface area contributed by atoms with Gasteiger partial charge in [-0.05, 0) is 30.5 Å². The summed E-state index contributed by atoms with van der Waals surface area (Å²) >= 11 is 6.23. The molecule has 0 saturated heterocycles. The van der Waals surface area contributed by atoms with Crippen LogP contribution in [0.4, 0.5) is 5.69 Å². The van der Waals surface area contributed by atoms with Crippen molar-refractivity contribution in [3.05, 3.63) is 65.2 Å². The number of amides is 2. The summed E-state index contributed by atoms with van der Waals surface area (Å²) < 4.78 is 26.1. The number of nitrogens with one attached hydrogen (secondary N) is 1. The molecule has 2 rings (SSSR count). The number of anilines is 1. The van der Waals surface area contributed by atoms with Gasteiger partial charge in [-0.25, -0.2) is 8.42 Å². The van der Waals surface area contributed by atoms with E-state index in [-0.39, 0.29) is 23.2 Å². The number of carbonyl (C=O) groups excluding carboxylic acids is 2. The van der Waals surface area contributed by atoms with E-state index in [0.717, 1.165) is 29.0 Å². The van der Waals surface area contributed by atoms with Crippen LogP contribution in [0.3, 0.4) is 0 Å². The molecule has 1 N–H and O–H groups in total. The Bertz CT molecular complexity index is 1030. The Labute approximate surface area is 201 Å². The molecule has 33 heavy (non-hydrogen) atoms. The first-order chi connectivity index (χ1) is 15.7. The average Bonchev–Trinajstić information content (AvgIpc) is 2.78. The van der Waals surface area contributed by atoms with E-state index in [1.165, 1.54) is 4.90 Å². The van der Waals surface area contributed by atoms with Crippen molar-refractivity contribution in [2.45, 2.75) is 45.7 Å². The molecular weight excluding hydrogens is 462 g/mol. The van der Waals surface area contributed by atoms with E-state index in [0.29, 0.717) is 13.0 Å². The van der Waals surface area contributed by atoms with Gasteiger partial charge in [-0.1, -0.05) is 74.3 Å². The molecule has 0 heterocycles. The van der Waals surface area contributed by atoms with Gasteiger partial charge in [0.15, 0.2) is 0 Å². The molecule has 0 aromatic heterocycles. The number of benzene rings is 2. The Morgan fingerprint density at radius 3 is 2.24 bits per heavy atom. The highest BCUT2D eigenvalue weighted by Crippen LogP contribution is 2.27. The maximum absolute atomic E-state index is 13.5. The molecule has 2 amide bonds. The van der Waals surface area contributed by atoms with Crippen molar-refractivity contribution < 1.29 is 18.0 Å². The van der Waals surface area contributed by atoms with E-state index in [9.17, 15) is 18.0 Å². The summed E-state index contributed by atoms with van der Waals surface area (Å²) in [6.45, 7) is 4.10. The molecule has 0 spiro atoms. The fourth-order valence-corrected chi connectivity index (χ4v) is 4.60. The molecule has 2 aromatic carbocycles. The van der Waals surface area contributed by atoms with E-state index in [2.05, 4.69) is 5.32 Å². The van der Waals surface area contributed by atoms with Gasteiger partial charge in [-0.2, -0.15) is 0 Å². The number of unbranched alkanes of at least 4 members (excludes halogenated alkanes) is 1. The quantitative estimate of drug-likeness (QED) is 0.455. The van der Waals surface area contributed by atoms with Gasteiger partial charge in [0.1, 0.15) is 12.6 Å². The fourth-order valence-electron chi connectivity index (χ4n) is 3.45. The lowest BCUT2D eigenvalue weighted by atomic mass is 10.1. The van der Waals surface area contributed by atoms with E-state index < -0.39 is 28.5 Å². The van der Waals surface area contributed by atoms with Crippen LogP contribution in [0.2, 0.25) is 5.02 Å². The van der Waals surface area contributed by atoms with Crippen LogP contribution >= 0.6 is 11.6 Å². The van der Waals surface area contributed by atoms with Gasteiger partial charge in [0.25, 0.3) is 0 Å². The summed E-state index contributed by atoms with van der Waals surface area (Å²) in [6, 6.07) is 15.0. The first-order valence-corrected chi connectivity index (χ1v) is 13.2. The maximum Gasteiger partial charge on any atom is 0.244 e. The lowest BCUT2D eigenvalue weighted by Crippen LogP contribution is -2.52. The van der Waals surface area contributed by atoms with Crippen molar-refractivity contribution in [1.29, 1.82) is 0 Å². The molecule has 2 aromatic rings. The normalized spacial score (nSPS) is 12.1. The summed E-state index contributed by atoms with van der Waals surface area (Å²) in [4.78, 5) is 27.9. The molecule has 0 fully saturated rings. The number of para-hydroxylation sites is 1. The smallest absolute Gasteiger partial charge is 0.244 e. The molecule has 0 radical (unpaired) electrons. The van der Waals surface area contributed by atoms with Crippen LogP contribution in [-0.4, -0.2) is 50.5 Å². The highest BCUT2D eigenvalue weighted by Gasteiger charge is 2.32. The van der Waals surface area contributed by atoms with Crippen LogP contribution in [0.15, 0.2) is 54.6 Å². The number of halogens is 1. The third-order valence-electron chi connectivity index (χ3n) is 5.21. The third-order valence-corrected chi connectivity index (χ3v) is 6.66. The number of nitrogens with zero attached hydrogens (tertiary/aromatic N) is 2. The van der Waals surface area contributed by atoms with Gasteiger partial charge in [0.05, 0.1) is 17.0 Å². The highest BCUT2D eigenvalue weighted by atomic mass is 35.5. The van der Waals surface area contributed by atoms with Crippen molar-refractivity contribution in [1.82, 2.24) is 10.2 Å². The minimum Gasteiger partial charge on any atom is -0.354 e. The lowest BCUT2D eigenvalue weighted by Gasteiger charge is -2.33. The predicted octanol–water partition coefficient (Wildman–Crippen LogP) is 3.83. The van der Waals surface area contributed by atoms with Gasteiger partial charge in [0, 0.05) is 13.1 Å². The molecule has 0 aliphatic carbocycles. The van der Waals surface area contributed by atoms with Crippen LogP contribution in [0.5, 0.6) is 0 Å². The highest BCUT2D eigenvalue weighted by molar-refractivity contribution is 7.92. The van der Waals surface area contributed by atoms with E-state index in [1.807, 2.05) is 44.2 Å². The molecule has 0 saturated carbocycles. The third kappa shape index (κ3) is 7.75. The monoisotopic (exact) mass is 493 g/mol. The maximum atomic E-state index is 13.5. The second kappa shape index (κ2) is 12.6. The molecular formula is C24H32ClN3O4S. The van der Waals surface area contributed by atoms with E-state index >= 15 is 0 Å².